The van der Waals surface area contributed by atoms with Crippen LogP contribution in [0.1, 0.15) is 25.6 Å². The molecule has 0 amide bonds. The molecule has 0 saturated carbocycles. The second-order valence-corrected chi connectivity index (χ2v) is 7.08. The van der Waals surface area contributed by atoms with Gasteiger partial charge in [0.2, 0.25) is 0 Å². The van der Waals surface area contributed by atoms with Crippen molar-refractivity contribution >= 4 is 29.6 Å². The smallest absolute Gasteiger partial charge is 0.168 e. The molecule has 3 heterocycles. The monoisotopic (exact) mass is 365 g/mol. The van der Waals surface area contributed by atoms with Crippen LogP contribution in [0, 0.1) is 6.92 Å². The number of thiol groups is 1. The molecule has 4 atom stereocenters. The predicted octanol–water partition coefficient (Wildman–Crippen LogP) is 0.776. The summed E-state index contributed by atoms with van der Waals surface area (Å²) in [5.41, 5.74) is 6.88. The fourth-order valence-electron chi connectivity index (χ4n) is 3.25. The Morgan fingerprint density at radius 1 is 1.52 bits per heavy atom. The first-order valence-electron chi connectivity index (χ1n) is 8.07. The number of nitrogens with two attached hydrogens (primary N) is 1. The molecule has 2 aromatic rings. The topological polar surface area (TPSA) is 119 Å². The van der Waals surface area contributed by atoms with Gasteiger partial charge in [0.15, 0.2) is 17.2 Å². The highest BCUT2D eigenvalue weighted by molar-refractivity contribution is 7.81. The lowest BCUT2D eigenvalue weighted by Crippen LogP contribution is -2.42. The number of nitrogens with zero attached hydrogens (tertiary/aromatic N) is 4. The molecule has 136 valence electrons. The van der Waals surface area contributed by atoms with E-state index in [2.05, 4.69) is 34.2 Å². The Labute approximate surface area is 151 Å². The number of hydrogen-bond acceptors (Lipinski definition) is 8. The highest BCUT2D eigenvalue weighted by Crippen LogP contribution is 2.44. The van der Waals surface area contributed by atoms with Crippen molar-refractivity contribution in [1.82, 2.24) is 19.5 Å². The first-order valence-corrected chi connectivity index (χ1v) is 8.58. The summed E-state index contributed by atoms with van der Waals surface area (Å²) in [6.07, 6.45) is 1.05. The van der Waals surface area contributed by atoms with E-state index in [-0.39, 0.29) is 12.4 Å². The molecule has 0 unspecified atom stereocenters. The van der Waals surface area contributed by atoms with Crippen LogP contribution in [0.5, 0.6) is 0 Å². The second kappa shape index (κ2) is 6.56. The van der Waals surface area contributed by atoms with Crippen LogP contribution in [-0.4, -0.2) is 53.8 Å². The van der Waals surface area contributed by atoms with E-state index in [0.29, 0.717) is 29.8 Å². The molecule has 1 saturated heterocycles. The van der Waals surface area contributed by atoms with Crippen molar-refractivity contribution in [3.05, 3.63) is 24.3 Å². The number of imidazole rings is 1. The Hall–Kier alpha value is -1.68. The Balaban J connectivity index is 2.18. The Morgan fingerprint density at radius 3 is 2.84 bits per heavy atom. The minimum atomic E-state index is -1.03. The summed E-state index contributed by atoms with van der Waals surface area (Å²) in [5, 5.41) is 19.4. The molecule has 0 bridgehead atoms. The number of ether oxygens (including phenoxy) is 1. The van der Waals surface area contributed by atoms with E-state index in [1.807, 2.05) is 6.92 Å². The van der Waals surface area contributed by atoms with Crippen LogP contribution < -0.4 is 5.73 Å². The number of nitrogen functional groups attached to an aromatic ring is 1. The Kier molecular flexibility index (Phi) is 4.76. The number of aliphatic hydroxyl groups excluding tert-OH is 2. The van der Waals surface area contributed by atoms with E-state index in [1.165, 1.54) is 0 Å². The zero-order chi connectivity index (χ0) is 18.4. The Bertz CT molecular complexity index is 810. The molecule has 0 spiro atoms. The van der Waals surface area contributed by atoms with E-state index in [4.69, 9.17) is 10.5 Å². The number of hydrogen-bond donors (Lipinski definition) is 4. The molecule has 9 heteroatoms. The molecular weight excluding hydrogens is 342 g/mol. The molecular formula is C16H23N5O3S. The van der Waals surface area contributed by atoms with Gasteiger partial charge in [-0.15, -0.1) is 6.58 Å². The molecule has 1 aliphatic rings. The van der Waals surface area contributed by atoms with Crippen molar-refractivity contribution < 1.29 is 14.9 Å². The second-order valence-electron chi connectivity index (χ2n) is 6.52. The fraction of sp³-hybridized carbons (Fsp3) is 0.562. The molecule has 0 aliphatic carbocycles. The maximum Gasteiger partial charge on any atom is 0.168 e. The Morgan fingerprint density at radius 2 is 2.24 bits per heavy atom. The van der Waals surface area contributed by atoms with Crippen LogP contribution in [0.3, 0.4) is 0 Å². The van der Waals surface area contributed by atoms with Crippen molar-refractivity contribution in [2.75, 3.05) is 12.3 Å². The van der Waals surface area contributed by atoms with Gasteiger partial charge in [-0.1, -0.05) is 5.57 Å². The minimum Gasteiger partial charge on any atom is -0.394 e. The third-order valence-electron chi connectivity index (χ3n) is 4.55. The summed E-state index contributed by atoms with van der Waals surface area (Å²) < 4.78 is 7.85. The molecule has 25 heavy (non-hydrogen) atoms. The maximum atomic E-state index is 10.5. The van der Waals surface area contributed by atoms with Gasteiger partial charge < -0.3 is 20.7 Å². The van der Waals surface area contributed by atoms with Crippen molar-refractivity contribution in [3.8, 4) is 0 Å². The van der Waals surface area contributed by atoms with E-state index >= 15 is 0 Å². The zero-order valence-electron chi connectivity index (χ0n) is 14.3. The van der Waals surface area contributed by atoms with E-state index in [1.54, 1.807) is 17.8 Å². The summed E-state index contributed by atoms with van der Waals surface area (Å²) in [7, 11) is 0. The van der Waals surface area contributed by atoms with Crippen LogP contribution in [0.2, 0.25) is 0 Å². The first-order chi connectivity index (χ1) is 11.8. The third kappa shape index (κ3) is 2.91. The van der Waals surface area contributed by atoms with Gasteiger partial charge in [0.05, 0.1) is 24.3 Å². The standard InChI is InChI=1S/C16H23N5O3S/c1-8(2)4-5-16(13(25)12(23)10(6-22)24-16)21-7-18-11-14(17)19-9(3)20-15(11)21/h7,10,12-13,22-23,25H,1,4-6H2,2-3H3,(H2,17,19,20)/t10-,12-,13-,16-/m1/s1. The summed E-state index contributed by atoms with van der Waals surface area (Å²) in [6, 6.07) is 0. The van der Waals surface area contributed by atoms with Crippen LogP contribution in [0.15, 0.2) is 18.5 Å². The fourth-order valence-corrected chi connectivity index (χ4v) is 3.75. The summed E-state index contributed by atoms with van der Waals surface area (Å²) >= 11 is 4.61. The van der Waals surface area contributed by atoms with Gasteiger partial charge in [-0.25, -0.2) is 15.0 Å². The molecule has 8 nitrogen and oxygen atoms in total. The molecule has 0 radical (unpaired) electrons. The predicted molar refractivity (Wildman–Crippen MR) is 97.2 cm³/mol. The van der Waals surface area contributed by atoms with Crippen molar-refractivity contribution in [3.63, 3.8) is 0 Å². The average molecular weight is 365 g/mol. The van der Waals surface area contributed by atoms with Crippen LogP contribution in [-0.2, 0) is 10.5 Å². The van der Waals surface area contributed by atoms with Gasteiger partial charge in [-0.3, -0.25) is 4.57 Å². The number of aryl methyl sites for hydroxylation is 1. The lowest BCUT2D eigenvalue weighted by molar-refractivity contribution is -0.117. The molecule has 1 aliphatic heterocycles. The number of allylic oxidation sites excluding steroid dienone is 1. The number of rotatable bonds is 5. The number of aromatic nitrogens is 4. The van der Waals surface area contributed by atoms with Crippen LogP contribution >= 0.6 is 12.6 Å². The lowest BCUT2D eigenvalue weighted by atomic mass is 9.98. The molecule has 3 rings (SSSR count). The lowest BCUT2D eigenvalue weighted by Gasteiger charge is -2.34. The van der Waals surface area contributed by atoms with E-state index in [0.717, 1.165) is 5.57 Å². The quantitative estimate of drug-likeness (QED) is 0.456. The van der Waals surface area contributed by atoms with Crippen molar-refractivity contribution in [1.29, 1.82) is 0 Å². The largest absolute Gasteiger partial charge is 0.394 e. The number of aliphatic hydroxyl groups is 2. The van der Waals surface area contributed by atoms with Crippen molar-refractivity contribution in [2.24, 2.45) is 0 Å². The minimum absolute atomic E-state index is 0.282. The molecule has 1 fully saturated rings. The maximum absolute atomic E-state index is 10.5. The normalized spacial score (nSPS) is 29.4. The molecule has 4 N–H and O–H groups in total. The van der Waals surface area contributed by atoms with Gasteiger partial charge in [-0.05, 0) is 20.3 Å². The van der Waals surface area contributed by atoms with Crippen molar-refractivity contribution in [2.45, 2.75) is 49.9 Å². The van der Waals surface area contributed by atoms with Gasteiger partial charge in [0.1, 0.15) is 17.4 Å². The first kappa shape index (κ1) is 18.1. The number of fused-ring (bicyclic) bond motifs is 1. The van der Waals surface area contributed by atoms with Gasteiger partial charge in [0.25, 0.3) is 0 Å². The number of anilines is 1. The summed E-state index contributed by atoms with van der Waals surface area (Å²) in [6.45, 7) is 7.30. The zero-order valence-corrected chi connectivity index (χ0v) is 15.1. The van der Waals surface area contributed by atoms with Gasteiger partial charge in [0, 0.05) is 6.42 Å². The van der Waals surface area contributed by atoms with E-state index in [9.17, 15) is 10.2 Å². The third-order valence-corrected chi connectivity index (χ3v) is 5.26. The summed E-state index contributed by atoms with van der Waals surface area (Å²) in [4.78, 5) is 12.9. The molecule has 2 aromatic heterocycles. The van der Waals surface area contributed by atoms with Crippen LogP contribution in [0.4, 0.5) is 5.82 Å². The SMILES string of the molecule is C=C(C)CC[C@@]1(n2cnc3c(N)nc(C)nc32)O[C@H](CO)[C@@H](O)[C@H]1S. The molecule has 0 aromatic carbocycles. The van der Waals surface area contributed by atoms with E-state index < -0.39 is 23.2 Å². The van der Waals surface area contributed by atoms with Gasteiger partial charge >= 0.3 is 0 Å². The highest BCUT2D eigenvalue weighted by atomic mass is 32.1. The van der Waals surface area contributed by atoms with Gasteiger partial charge in [-0.2, -0.15) is 12.6 Å². The highest BCUT2D eigenvalue weighted by Gasteiger charge is 2.54. The van der Waals surface area contributed by atoms with Crippen LogP contribution in [0.25, 0.3) is 11.2 Å². The summed E-state index contributed by atoms with van der Waals surface area (Å²) in [5.74, 6) is 0.791. The average Bonchev–Trinajstić information content (AvgIpc) is 3.08.